The van der Waals surface area contributed by atoms with E-state index in [4.69, 9.17) is 16.3 Å². The van der Waals surface area contributed by atoms with E-state index in [-0.39, 0.29) is 18.4 Å². The quantitative estimate of drug-likeness (QED) is 0.595. The number of benzene rings is 2. The predicted molar refractivity (Wildman–Crippen MR) is 121 cm³/mol. The monoisotopic (exact) mass is 430 g/mol. The van der Waals surface area contributed by atoms with Gasteiger partial charge in [-0.25, -0.2) is 0 Å². The molecule has 0 unspecified atom stereocenters. The zero-order chi connectivity index (χ0) is 22.1. The molecule has 162 valence electrons. The van der Waals surface area contributed by atoms with Gasteiger partial charge in [0.2, 0.25) is 5.91 Å². The van der Waals surface area contributed by atoms with Crippen LogP contribution in [0.15, 0.2) is 42.5 Å². The van der Waals surface area contributed by atoms with Gasteiger partial charge in [-0.15, -0.1) is 0 Å². The summed E-state index contributed by atoms with van der Waals surface area (Å²) in [5.41, 5.74) is 3.01. The van der Waals surface area contributed by atoms with E-state index in [2.05, 4.69) is 5.32 Å². The molecule has 0 aliphatic carbocycles. The van der Waals surface area contributed by atoms with Crippen LogP contribution in [0, 0.1) is 13.8 Å². The zero-order valence-corrected chi connectivity index (χ0v) is 19.0. The maximum atomic E-state index is 13.1. The van der Waals surface area contributed by atoms with Crippen LogP contribution in [0.5, 0.6) is 5.75 Å². The molecule has 2 aromatic rings. The number of nitrogens with one attached hydrogen (secondary N) is 1. The number of carbonyl (C=O) groups excluding carboxylic acids is 2. The molecule has 2 amide bonds. The fourth-order valence-corrected chi connectivity index (χ4v) is 3.38. The summed E-state index contributed by atoms with van der Waals surface area (Å²) in [5, 5.41) is 3.54. The number of halogens is 1. The summed E-state index contributed by atoms with van der Waals surface area (Å²) in [6, 6.07) is 12.6. The molecule has 1 N–H and O–H groups in total. The second-order valence-electron chi connectivity index (χ2n) is 7.42. The summed E-state index contributed by atoms with van der Waals surface area (Å²) in [6.45, 7) is 8.62. The number of amides is 2. The van der Waals surface area contributed by atoms with Gasteiger partial charge in [0.1, 0.15) is 11.8 Å². The molecule has 1 atom stereocenters. The molecule has 5 nitrogen and oxygen atoms in total. The Labute approximate surface area is 184 Å². The minimum Gasteiger partial charge on any atom is -0.483 e. The van der Waals surface area contributed by atoms with Gasteiger partial charge in [0, 0.05) is 18.1 Å². The lowest BCUT2D eigenvalue weighted by atomic mass is 10.1. The van der Waals surface area contributed by atoms with Crippen molar-refractivity contribution in [2.45, 2.75) is 53.1 Å². The number of aryl methyl sites for hydroxylation is 2. The Hall–Kier alpha value is -2.53. The molecule has 0 saturated carbocycles. The maximum Gasteiger partial charge on any atom is 0.261 e. The van der Waals surface area contributed by atoms with Crippen LogP contribution in [-0.4, -0.2) is 35.9 Å². The number of rotatable bonds is 10. The number of ether oxygens (including phenoxy) is 1. The standard InChI is InChI=1S/C24H31ClN2O3/c1-5-13-26-24(29)21(6-2)27(15-19-8-10-20(25)11-9-19)23(28)16-30-22-12-7-17(3)14-18(22)4/h7-12,14,21H,5-6,13,15-16H2,1-4H3,(H,26,29)/t21-/m1/s1. The summed E-state index contributed by atoms with van der Waals surface area (Å²) >= 11 is 5.99. The summed E-state index contributed by atoms with van der Waals surface area (Å²) in [4.78, 5) is 27.5. The molecular weight excluding hydrogens is 400 g/mol. The minimum atomic E-state index is -0.567. The van der Waals surface area contributed by atoms with Crippen LogP contribution in [-0.2, 0) is 16.1 Å². The molecule has 0 bridgehead atoms. The van der Waals surface area contributed by atoms with Crippen molar-refractivity contribution in [1.29, 1.82) is 0 Å². The molecule has 0 saturated heterocycles. The van der Waals surface area contributed by atoms with E-state index in [1.807, 2.05) is 58.0 Å². The van der Waals surface area contributed by atoms with Crippen LogP contribution < -0.4 is 10.1 Å². The largest absolute Gasteiger partial charge is 0.483 e. The average Bonchev–Trinajstić information content (AvgIpc) is 2.72. The Balaban J connectivity index is 2.20. The zero-order valence-electron chi connectivity index (χ0n) is 18.2. The number of carbonyl (C=O) groups is 2. The minimum absolute atomic E-state index is 0.130. The summed E-state index contributed by atoms with van der Waals surface area (Å²) < 4.78 is 5.80. The summed E-state index contributed by atoms with van der Waals surface area (Å²) in [5.74, 6) is 0.292. The van der Waals surface area contributed by atoms with Crippen molar-refractivity contribution in [3.8, 4) is 5.75 Å². The molecule has 0 fully saturated rings. The Morgan fingerprint density at radius 3 is 2.40 bits per heavy atom. The van der Waals surface area contributed by atoms with E-state index in [0.29, 0.717) is 30.3 Å². The number of hydrogen-bond acceptors (Lipinski definition) is 3. The van der Waals surface area contributed by atoms with Crippen LogP contribution in [0.3, 0.4) is 0 Å². The second-order valence-corrected chi connectivity index (χ2v) is 7.86. The van der Waals surface area contributed by atoms with Crippen molar-refractivity contribution < 1.29 is 14.3 Å². The second kappa shape index (κ2) is 11.6. The molecule has 0 aliphatic heterocycles. The lowest BCUT2D eigenvalue weighted by Crippen LogP contribution is -2.50. The van der Waals surface area contributed by atoms with Crippen molar-refractivity contribution in [1.82, 2.24) is 10.2 Å². The number of nitrogens with zero attached hydrogens (tertiary/aromatic N) is 1. The van der Waals surface area contributed by atoms with Crippen LogP contribution in [0.2, 0.25) is 5.02 Å². The van der Waals surface area contributed by atoms with Crippen LogP contribution >= 0.6 is 11.6 Å². The molecule has 0 radical (unpaired) electrons. The topological polar surface area (TPSA) is 58.6 Å². The molecule has 30 heavy (non-hydrogen) atoms. The SMILES string of the molecule is CCCNC(=O)[C@@H](CC)N(Cc1ccc(Cl)cc1)C(=O)COc1ccc(C)cc1C. The van der Waals surface area contributed by atoms with Gasteiger partial charge in [-0.3, -0.25) is 9.59 Å². The van der Waals surface area contributed by atoms with Gasteiger partial charge in [-0.1, -0.05) is 55.3 Å². The van der Waals surface area contributed by atoms with Crippen molar-refractivity contribution in [2.24, 2.45) is 0 Å². The Morgan fingerprint density at radius 1 is 1.10 bits per heavy atom. The van der Waals surface area contributed by atoms with Crippen LogP contribution in [0.1, 0.15) is 43.4 Å². The molecule has 2 aromatic carbocycles. The molecular formula is C24H31ClN2O3. The first-order valence-corrected chi connectivity index (χ1v) is 10.7. The number of hydrogen-bond donors (Lipinski definition) is 1. The predicted octanol–water partition coefficient (Wildman–Crippen LogP) is 4.67. The van der Waals surface area contributed by atoms with E-state index in [9.17, 15) is 9.59 Å². The molecule has 6 heteroatoms. The Kier molecular flexibility index (Phi) is 9.18. The van der Waals surface area contributed by atoms with E-state index in [1.165, 1.54) is 0 Å². The normalized spacial score (nSPS) is 11.6. The fourth-order valence-electron chi connectivity index (χ4n) is 3.26. The van der Waals surface area contributed by atoms with E-state index in [1.54, 1.807) is 17.0 Å². The smallest absolute Gasteiger partial charge is 0.261 e. The van der Waals surface area contributed by atoms with Gasteiger partial charge >= 0.3 is 0 Å². The third-order valence-electron chi connectivity index (χ3n) is 4.88. The van der Waals surface area contributed by atoms with E-state index in [0.717, 1.165) is 23.1 Å². The third-order valence-corrected chi connectivity index (χ3v) is 5.13. The average molecular weight is 431 g/mol. The first-order valence-electron chi connectivity index (χ1n) is 10.4. The van der Waals surface area contributed by atoms with Crippen molar-refractivity contribution in [3.63, 3.8) is 0 Å². The highest BCUT2D eigenvalue weighted by Gasteiger charge is 2.28. The molecule has 0 heterocycles. The summed E-state index contributed by atoms with van der Waals surface area (Å²) in [7, 11) is 0. The molecule has 0 aromatic heterocycles. The highest BCUT2D eigenvalue weighted by atomic mass is 35.5. The molecule has 2 rings (SSSR count). The highest BCUT2D eigenvalue weighted by Crippen LogP contribution is 2.20. The highest BCUT2D eigenvalue weighted by molar-refractivity contribution is 6.30. The van der Waals surface area contributed by atoms with Gasteiger partial charge in [0.05, 0.1) is 0 Å². The summed E-state index contributed by atoms with van der Waals surface area (Å²) in [6.07, 6.45) is 1.35. The first kappa shape index (κ1) is 23.7. The molecule has 0 aliphatic rings. The van der Waals surface area contributed by atoms with Gasteiger partial charge in [-0.2, -0.15) is 0 Å². The third kappa shape index (κ3) is 6.77. The van der Waals surface area contributed by atoms with Gasteiger partial charge in [-0.05, 0) is 56.0 Å². The van der Waals surface area contributed by atoms with Crippen LogP contribution in [0.25, 0.3) is 0 Å². The van der Waals surface area contributed by atoms with E-state index < -0.39 is 6.04 Å². The first-order chi connectivity index (χ1) is 14.3. The van der Waals surface area contributed by atoms with E-state index >= 15 is 0 Å². The van der Waals surface area contributed by atoms with Gasteiger partial charge in [0.15, 0.2) is 6.61 Å². The molecule has 0 spiro atoms. The van der Waals surface area contributed by atoms with Gasteiger partial charge < -0.3 is 15.0 Å². The van der Waals surface area contributed by atoms with Crippen molar-refractivity contribution in [2.75, 3.05) is 13.2 Å². The van der Waals surface area contributed by atoms with Crippen molar-refractivity contribution >= 4 is 23.4 Å². The van der Waals surface area contributed by atoms with Crippen LogP contribution in [0.4, 0.5) is 0 Å². The Bertz CT molecular complexity index is 852. The fraction of sp³-hybridized carbons (Fsp3) is 0.417. The maximum absolute atomic E-state index is 13.1. The Morgan fingerprint density at radius 2 is 1.80 bits per heavy atom. The van der Waals surface area contributed by atoms with Crippen molar-refractivity contribution in [3.05, 3.63) is 64.2 Å². The lowest BCUT2D eigenvalue weighted by Gasteiger charge is -2.30. The van der Waals surface area contributed by atoms with Gasteiger partial charge in [0.25, 0.3) is 5.91 Å². The lowest BCUT2D eigenvalue weighted by molar-refractivity contribution is -0.143.